The van der Waals surface area contributed by atoms with Crippen molar-refractivity contribution in [3.63, 3.8) is 0 Å². The van der Waals surface area contributed by atoms with Gasteiger partial charge in [-0.05, 0) is 62.3 Å². The molecule has 2 amide bonds. The van der Waals surface area contributed by atoms with E-state index in [9.17, 15) is 4.79 Å². The number of benzene rings is 2. The highest BCUT2D eigenvalue weighted by atomic mass is 16.5. The van der Waals surface area contributed by atoms with Crippen molar-refractivity contribution in [1.82, 2.24) is 10.6 Å². The molecule has 0 bridgehead atoms. The van der Waals surface area contributed by atoms with Crippen molar-refractivity contribution in [2.45, 2.75) is 38.1 Å². The second-order valence-electron chi connectivity index (χ2n) is 7.82. The van der Waals surface area contributed by atoms with Crippen molar-refractivity contribution in [2.75, 3.05) is 32.6 Å². The molecule has 3 N–H and O–H groups in total. The second kappa shape index (κ2) is 11.5. The molecule has 0 saturated carbocycles. The van der Waals surface area contributed by atoms with E-state index in [1.807, 2.05) is 0 Å². The maximum Gasteiger partial charge on any atom is 0.319 e. The van der Waals surface area contributed by atoms with Crippen LogP contribution in [-0.2, 0) is 6.42 Å². The summed E-state index contributed by atoms with van der Waals surface area (Å²) < 4.78 is 10.5. The number of amides is 2. The summed E-state index contributed by atoms with van der Waals surface area (Å²) in [6, 6.07) is 16.4. The van der Waals surface area contributed by atoms with Crippen LogP contribution in [0, 0.1) is 5.92 Å². The molecule has 2 aromatic rings. The van der Waals surface area contributed by atoms with Gasteiger partial charge in [0.05, 0.1) is 14.2 Å². The Balaban J connectivity index is 1.35. The molecule has 0 aromatic heterocycles. The van der Waals surface area contributed by atoms with Crippen molar-refractivity contribution >= 4 is 11.7 Å². The Bertz CT molecular complexity index is 798. The molecule has 6 nitrogen and oxygen atoms in total. The van der Waals surface area contributed by atoms with Crippen LogP contribution in [0.1, 0.15) is 31.2 Å². The summed E-state index contributed by atoms with van der Waals surface area (Å²) in [6.45, 7) is 1.73. The molecule has 0 aliphatic carbocycles. The molecular formula is C24H33N3O3. The van der Waals surface area contributed by atoms with Crippen LogP contribution in [-0.4, -0.2) is 39.4 Å². The first kappa shape index (κ1) is 22.0. The summed E-state index contributed by atoms with van der Waals surface area (Å²) in [6.07, 6.45) is 5.62. The molecule has 0 radical (unpaired) electrons. The van der Waals surface area contributed by atoms with Gasteiger partial charge in [-0.2, -0.15) is 0 Å². The zero-order chi connectivity index (χ0) is 21.2. The van der Waals surface area contributed by atoms with Gasteiger partial charge in [-0.25, -0.2) is 4.79 Å². The van der Waals surface area contributed by atoms with Crippen LogP contribution < -0.4 is 25.4 Å². The second-order valence-corrected chi connectivity index (χ2v) is 7.82. The van der Waals surface area contributed by atoms with Crippen molar-refractivity contribution < 1.29 is 14.3 Å². The first-order valence-corrected chi connectivity index (χ1v) is 10.7. The van der Waals surface area contributed by atoms with Crippen molar-refractivity contribution in [2.24, 2.45) is 5.92 Å². The first-order valence-electron chi connectivity index (χ1n) is 10.7. The maximum absolute atomic E-state index is 12.2. The van der Waals surface area contributed by atoms with Crippen LogP contribution in [0.5, 0.6) is 11.5 Å². The van der Waals surface area contributed by atoms with E-state index in [4.69, 9.17) is 9.47 Å². The van der Waals surface area contributed by atoms with E-state index >= 15 is 0 Å². The van der Waals surface area contributed by atoms with Gasteiger partial charge in [0.2, 0.25) is 0 Å². The van der Waals surface area contributed by atoms with E-state index in [2.05, 4.69) is 46.3 Å². The summed E-state index contributed by atoms with van der Waals surface area (Å²) in [5, 5.41) is 9.41. The number of methoxy groups -OCH3 is 2. The topological polar surface area (TPSA) is 71.6 Å². The number of hydrogen-bond acceptors (Lipinski definition) is 4. The van der Waals surface area contributed by atoms with Crippen LogP contribution in [0.2, 0.25) is 0 Å². The van der Waals surface area contributed by atoms with Gasteiger partial charge in [0.1, 0.15) is 0 Å². The predicted octanol–water partition coefficient (Wildman–Crippen LogP) is 4.22. The van der Waals surface area contributed by atoms with Crippen LogP contribution >= 0.6 is 0 Å². The number of urea groups is 1. The first-order chi connectivity index (χ1) is 14.7. The lowest BCUT2D eigenvalue weighted by atomic mass is 9.86. The smallest absolute Gasteiger partial charge is 0.319 e. The fraction of sp³-hybridized carbons (Fsp3) is 0.458. The molecule has 30 heavy (non-hydrogen) atoms. The highest BCUT2D eigenvalue weighted by Crippen LogP contribution is 2.29. The maximum atomic E-state index is 12.2. The lowest BCUT2D eigenvalue weighted by Gasteiger charge is -2.30. The predicted molar refractivity (Wildman–Crippen MR) is 120 cm³/mol. The van der Waals surface area contributed by atoms with Gasteiger partial charge in [0, 0.05) is 24.3 Å². The Morgan fingerprint density at radius 1 is 1.10 bits per heavy atom. The molecule has 2 atom stereocenters. The lowest BCUT2D eigenvalue weighted by Crippen LogP contribution is -2.39. The van der Waals surface area contributed by atoms with Gasteiger partial charge < -0.3 is 25.4 Å². The molecule has 1 saturated heterocycles. The largest absolute Gasteiger partial charge is 0.493 e. The van der Waals surface area contributed by atoms with Gasteiger partial charge in [-0.3, -0.25) is 0 Å². The number of carbonyl (C=O) groups excluding carboxylic acids is 1. The summed E-state index contributed by atoms with van der Waals surface area (Å²) in [4.78, 5) is 12.2. The van der Waals surface area contributed by atoms with Gasteiger partial charge in [-0.15, -0.1) is 0 Å². The standard InChI is InChI=1S/C24H33N3O3/c1-29-22-11-10-21(17-23(22)30-2)27-24(28)26-13-6-9-20-16-19(12-14-25-20)15-18-7-4-3-5-8-18/h3-5,7-8,10-11,17,19-20,25H,6,9,12-16H2,1-2H3,(H2,26,27,28)/t19-,20-/m1/s1. The van der Waals surface area contributed by atoms with Gasteiger partial charge >= 0.3 is 6.03 Å². The van der Waals surface area contributed by atoms with E-state index < -0.39 is 0 Å². The minimum absolute atomic E-state index is 0.208. The number of nitrogens with one attached hydrogen (secondary N) is 3. The van der Waals surface area contributed by atoms with Crippen LogP contribution in [0.3, 0.4) is 0 Å². The van der Waals surface area contributed by atoms with Crippen molar-refractivity contribution in [3.05, 3.63) is 54.1 Å². The number of rotatable bonds is 9. The molecule has 6 heteroatoms. The molecule has 3 rings (SSSR count). The molecule has 0 unspecified atom stereocenters. The Morgan fingerprint density at radius 3 is 2.67 bits per heavy atom. The van der Waals surface area contributed by atoms with Gasteiger partial charge in [0.15, 0.2) is 11.5 Å². The van der Waals surface area contributed by atoms with Crippen LogP contribution in [0.4, 0.5) is 10.5 Å². The Hall–Kier alpha value is -2.73. The third-order valence-electron chi connectivity index (χ3n) is 5.63. The Labute approximate surface area is 179 Å². The monoisotopic (exact) mass is 411 g/mol. The molecular weight excluding hydrogens is 378 g/mol. The SMILES string of the molecule is COc1ccc(NC(=O)NCCC[C@@H]2C[C@@H](Cc3ccccc3)CCN2)cc1OC. The van der Waals surface area contributed by atoms with Crippen molar-refractivity contribution in [3.8, 4) is 11.5 Å². The Kier molecular flexibility index (Phi) is 8.39. The quantitative estimate of drug-likeness (QED) is 0.541. The number of ether oxygens (including phenoxy) is 2. The van der Waals surface area contributed by atoms with E-state index in [-0.39, 0.29) is 6.03 Å². The Morgan fingerprint density at radius 2 is 1.90 bits per heavy atom. The molecule has 0 spiro atoms. The average Bonchev–Trinajstić information content (AvgIpc) is 2.77. The molecule has 1 fully saturated rings. The third-order valence-corrected chi connectivity index (χ3v) is 5.63. The third kappa shape index (κ3) is 6.66. The van der Waals surface area contributed by atoms with Crippen LogP contribution in [0.15, 0.2) is 48.5 Å². The van der Waals surface area contributed by atoms with E-state index in [0.29, 0.717) is 29.8 Å². The zero-order valence-corrected chi connectivity index (χ0v) is 17.9. The highest BCUT2D eigenvalue weighted by Gasteiger charge is 2.21. The summed E-state index contributed by atoms with van der Waals surface area (Å²) >= 11 is 0. The highest BCUT2D eigenvalue weighted by molar-refractivity contribution is 5.89. The van der Waals surface area contributed by atoms with Gasteiger partial charge in [0.25, 0.3) is 0 Å². The van der Waals surface area contributed by atoms with Crippen molar-refractivity contribution in [1.29, 1.82) is 0 Å². The average molecular weight is 412 g/mol. The minimum atomic E-state index is -0.208. The fourth-order valence-corrected chi connectivity index (χ4v) is 4.09. The van der Waals surface area contributed by atoms with E-state index in [1.54, 1.807) is 32.4 Å². The fourth-order valence-electron chi connectivity index (χ4n) is 4.09. The number of anilines is 1. The van der Waals surface area contributed by atoms with Crippen LogP contribution in [0.25, 0.3) is 0 Å². The molecule has 1 heterocycles. The van der Waals surface area contributed by atoms with E-state index in [1.165, 1.54) is 18.4 Å². The molecule has 2 aromatic carbocycles. The zero-order valence-electron chi connectivity index (χ0n) is 17.9. The molecule has 162 valence electrons. The molecule has 1 aliphatic rings. The minimum Gasteiger partial charge on any atom is -0.493 e. The number of piperidine rings is 1. The lowest BCUT2D eigenvalue weighted by molar-refractivity contribution is 0.250. The summed E-state index contributed by atoms with van der Waals surface area (Å²) in [5.74, 6) is 1.96. The molecule has 1 aliphatic heterocycles. The summed E-state index contributed by atoms with van der Waals surface area (Å²) in [5.41, 5.74) is 2.10. The van der Waals surface area contributed by atoms with E-state index in [0.717, 1.165) is 31.7 Å². The summed E-state index contributed by atoms with van der Waals surface area (Å²) in [7, 11) is 3.16. The number of hydrogen-bond donors (Lipinski definition) is 3. The number of carbonyl (C=O) groups is 1. The van der Waals surface area contributed by atoms with Gasteiger partial charge in [-0.1, -0.05) is 30.3 Å². The normalized spacial score (nSPS) is 18.5.